The summed E-state index contributed by atoms with van der Waals surface area (Å²) in [6.45, 7) is 7.11. The second-order valence-electron chi connectivity index (χ2n) is 8.20. The fourth-order valence-corrected chi connectivity index (χ4v) is 4.29. The van der Waals surface area contributed by atoms with Crippen molar-refractivity contribution >= 4 is 11.8 Å². The Kier molecular flexibility index (Phi) is 8.14. The van der Waals surface area contributed by atoms with E-state index < -0.39 is 0 Å². The molecular formula is C21H36N4O2. The van der Waals surface area contributed by atoms with Crippen LogP contribution in [0.3, 0.4) is 0 Å². The zero-order chi connectivity index (χ0) is 18.9. The zero-order valence-electron chi connectivity index (χ0n) is 16.8. The van der Waals surface area contributed by atoms with Gasteiger partial charge in [-0.3, -0.25) is 19.4 Å². The second kappa shape index (κ2) is 10.8. The molecule has 3 aliphatic rings. The lowest BCUT2D eigenvalue weighted by Gasteiger charge is -2.35. The van der Waals surface area contributed by atoms with Gasteiger partial charge in [-0.2, -0.15) is 0 Å². The van der Waals surface area contributed by atoms with Gasteiger partial charge in [0.1, 0.15) is 0 Å². The van der Waals surface area contributed by atoms with Gasteiger partial charge in [-0.15, -0.1) is 0 Å². The van der Waals surface area contributed by atoms with Crippen molar-refractivity contribution in [2.24, 2.45) is 0 Å². The summed E-state index contributed by atoms with van der Waals surface area (Å²) < 4.78 is 0. The highest BCUT2D eigenvalue weighted by molar-refractivity contribution is 5.78. The topological polar surface area (TPSA) is 55.9 Å². The van der Waals surface area contributed by atoms with Crippen LogP contribution in [0.2, 0.25) is 0 Å². The summed E-state index contributed by atoms with van der Waals surface area (Å²) in [5, 5.41) is 3.07. The van der Waals surface area contributed by atoms with E-state index in [0.717, 1.165) is 65.1 Å². The molecule has 2 aliphatic heterocycles. The molecule has 0 unspecified atom stereocenters. The highest BCUT2D eigenvalue weighted by Gasteiger charge is 2.23. The fraction of sp³-hybridized carbons (Fsp3) is 0.810. The van der Waals surface area contributed by atoms with Gasteiger partial charge in [0.15, 0.2) is 0 Å². The molecule has 152 valence electrons. The Morgan fingerprint density at radius 3 is 2.22 bits per heavy atom. The number of piperazine rings is 1. The van der Waals surface area contributed by atoms with E-state index in [2.05, 4.69) is 21.2 Å². The average Bonchev–Trinajstić information content (AvgIpc) is 2.71. The molecule has 0 saturated carbocycles. The van der Waals surface area contributed by atoms with Gasteiger partial charge >= 0.3 is 0 Å². The van der Waals surface area contributed by atoms with Crippen LogP contribution in [0.4, 0.5) is 0 Å². The van der Waals surface area contributed by atoms with Crippen LogP contribution in [0, 0.1) is 0 Å². The molecular weight excluding hydrogens is 340 g/mol. The molecule has 0 aromatic rings. The van der Waals surface area contributed by atoms with Crippen LogP contribution in [0.15, 0.2) is 11.6 Å². The van der Waals surface area contributed by atoms with E-state index in [1.807, 2.05) is 4.90 Å². The number of likely N-dealkylation sites (tertiary alicyclic amines) is 1. The molecule has 6 heteroatoms. The van der Waals surface area contributed by atoms with Crippen LogP contribution >= 0.6 is 0 Å². The summed E-state index contributed by atoms with van der Waals surface area (Å²) in [7, 11) is 0. The van der Waals surface area contributed by atoms with Gasteiger partial charge in [0, 0.05) is 45.8 Å². The Labute approximate surface area is 163 Å². The lowest BCUT2D eigenvalue weighted by molar-refractivity contribution is -0.134. The largest absolute Gasteiger partial charge is 0.355 e. The van der Waals surface area contributed by atoms with Crippen LogP contribution in [-0.2, 0) is 9.59 Å². The number of hydrogen-bond donors (Lipinski definition) is 1. The van der Waals surface area contributed by atoms with E-state index in [-0.39, 0.29) is 11.8 Å². The van der Waals surface area contributed by atoms with Crippen LogP contribution in [0.25, 0.3) is 0 Å². The number of nitrogens with one attached hydrogen (secondary N) is 1. The van der Waals surface area contributed by atoms with Crippen molar-refractivity contribution in [3.05, 3.63) is 11.6 Å². The minimum atomic E-state index is 0.129. The number of amides is 2. The molecule has 0 aromatic heterocycles. The number of rotatable bonds is 7. The van der Waals surface area contributed by atoms with Crippen molar-refractivity contribution in [1.82, 2.24) is 20.0 Å². The Morgan fingerprint density at radius 2 is 1.56 bits per heavy atom. The molecule has 27 heavy (non-hydrogen) atoms. The third-order valence-electron chi connectivity index (χ3n) is 6.05. The predicted molar refractivity (Wildman–Crippen MR) is 107 cm³/mol. The summed E-state index contributed by atoms with van der Waals surface area (Å²) in [6, 6.07) is 0. The fourth-order valence-electron chi connectivity index (χ4n) is 4.29. The third-order valence-corrected chi connectivity index (χ3v) is 6.05. The van der Waals surface area contributed by atoms with Crippen molar-refractivity contribution < 1.29 is 9.59 Å². The van der Waals surface area contributed by atoms with Gasteiger partial charge in [-0.05, 0) is 51.4 Å². The predicted octanol–water partition coefficient (Wildman–Crippen LogP) is 1.62. The van der Waals surface area contributed by atoms with Gasteiger partial charge in [0.05, 0.1) is 13.1 Å². The summed E-state index contributed by atoms with van der Waals surface area (Å²) in [4.78, 5) is 31.0. The quantitative estimate of drug-likeness (QED) is 0.686. The Bertz CT molecular complexity index is 520. The monoisotopic (exact) mass is 376 g/mol. The minimum Gasteiger partial charge on any atom is -0.355 e. The van der Waals surface area contributed by atoms with Gasteiger partial charge in [0.2, 0.25) is 11.8 Å². The molecule has 2 heterocycles. The van der Waals surface area contributed by atoms with Gasteiger partial charge in [-0.1, -0.05) is 11.6 Å². The maximum atomic E-state index is 12.4. The van der Waals surface area contributed by atoms with E-state index in [0.29, 0.717) is 13.1 Å². The maximum Gasteiger partial charge on any atom is 0.236 e. The molecule has 6 nitrogen and oxygen atoms in total. The molecule has 1 N–H and O–H groups in total. The Hall–Kier alpha value is -1.40. The Balaban J connectivity index is 1.27. The third kappa shape index (κ3) is 6.92. The average molecular weight is 377 g/mol. The molecule has 0 radical (unpaired) electrons. The molecule has 0 atom stereocenters. The van der Waals surface area contributed by atoms with Crippen LogP contribution in [-0.4, -0.2) is 85.4 Å². The minimum absolute atomic E-state index is 0.129. The highest BCUT2D eigenvalue weighted by Crippen LogP contribution is 2.19. The summed E-state index contributed by atoms with van der Waals surface area (Å²) in [5.41, 5.74) is 1.51. The van der Waals surface area contributed by atoms with Crippen LogP contribution < -0.4 is 5.32 Å². The number of allylic oxidation sites excluding steroid dienone is 1. The van der Waals surface area contributed by atoms with Crippen molar-refractivity contribution in [3.63, 3.8) is 0 Å². The standard InChI is InChI=1S/C21H36N4O2/c26-20(22-10-9-19-7-3-1-4-8-19)17-23-13-15-24(16-14-23)18-21(27)25-11-5-2-6-12-25/h7H,1-6,8-18H2,(H,22,26). The first kappa shape index (κ1) is 20.3. The first-order chi connectivity index (χ1) is 13.2. The number of carbonyl (C=O) groups is 2. The summed E-state index contributed by atoms with van der Waals surface area (Å²) >= 11 is 0. The van der Waals surface area contributed by atoms with Crippen molar-refractivity contribution in [2.45, 2.75) is 51.4 Å². The summed E-state index contributed by atoms with van der Waals surface area (Å²) in [5.74, 6) is 0.405. The SMILES string of the molecule is O=C(CN1CCN(CC(=O)N2CCCCC2)CC1)NCCC1=CCCCC1. The Morgan fingerprint density at radius 1 is 0.852 bits per heavy atom. The molecule has 0 spiro atoms. The normalized spacial score (nSPS) is 22.4. The first-order valence-electron chi connectivity index (χ1n) is 10.9. The molecule has 1 aliphatic carbocycles. The van der Waals surface area contributed by atoms with Gasteiger partial charge < -0.3 is 10.2 Å². The lowest BCUT2D eigenvalue weighted by Crippen LogP contribution is -2.52. The van der Waals surface area contributed by atoms with Crippen molar-refractivity contribution in [3.8, 4) is 0 Å². The zero-order valence-corrected chi connectivity index (χ0v) is 16.8. The number of hydrogen-bond acceptors (Lipinski definition) is 4. The van der Waals surface area contributed by atoms with Gasteiger partial charge in [0.25, 0.3) is 0 Å². The summed E-state index contributed by atoms with van der Waals surface area (Å²) in [6.07, 6.45) is 11.9. The molecule has 0 bridgehead atoms. The van der Waals surface area contributed by atoms with Crippen molar-refractivity contribution in [1.29, 1.82) is 0 Å². The molecule has 0 aromatic carbocycles. The first-order valence-corrected chi connectivity index (χ1v) is 10.9. The van der Waals surface area contributed by atoms with E-state index in [1.165, 1.54) is 37.7 Å². The highest BCUT2D eigenvalue weighted by atomic mass is 16.2. The maximum absolute atomic E-state index is 12.4. The van der Waals surface area contributed by atoms with Gasteiger partial charge in [-0.25, -0.2) is 0 Å². The molecule has 2 saturated heterocycles. The van der Waals surface area contributed by atoms with E-state index >= 15 is 0 Å². The lowest BCUT2D eigenvalue weighted by atomic mass is 9.97. The molecule has 2 fully saturated rings. The van der Waals surface area contributed by atoms with E-state index in [9.17, 15) is 9.59 Å². The smallest absolute Gasteiger partial charge is 0.236 e. The number of nitrogens with zero attached hydrogens (tertiary/aromatic N) is 3. The number of piperidine rings is 1. The number of carbonyl (C=O) groups excluding carboxylic acids is 2. The molecule has 2 amide bonds. The second-order valence-corrected chi connectivity index (χ2v) is 8.20. The molecule has 3 rings (SSSR count). The van der Waals surface area contributed by atoms with E-state index in [1.54, 1.807) is 0 Å². The van der Waals surface area contributed by atoms with E-state index in [4.69, 9.17) is 0 Å². The van der Waals surface area contributed by atoms with Crippen LogP contribution in [0.1, 0.15) is 51.4 Å². The van der Waals surface area contributed by atoms with Crippen LogP contribution in [0.5, 0.6) is 0 Å². The van der Waals surface area contributed by atoms with Crippen molar-refractivity contribution in [2.75, 3.05) is 58.9 Å².